The second kappa shape index (κ2) is 13.7. The average Bonchev–Trinajstić information content (AvgIpc) is 3.31. The summed E-state index contributed by atoms with van der Waals surface area (Å²) in [6.07, 6.45) is 4.02. The molecular formula is C32H45N5O5Si. The molecular weight excluding hydrogens is 562 g/mol. The summed E-state index contributed by atoms with van der Waals surface area (Å²) in [5.41, 5.74) is 2.09. The first-order chi connectivity index (χ1) is 20.4. The number of hydrogen-bond acceptors (Lipinski definition) is 7. The van der Waals surface area contributed by atoms with Crippen LogP contribution in [0.3, 0.4) is 0 Å². The predicted molar refractivity (Wildman–Crippen MR) is 170 cm³/mol. The largest absolute Gasteiger partial charge is 0.488 e. The van der Waals surface area contributed by atoms with Crippen molar-refractivity contribution >= 4 is 25.9 Å². The molecule has 0 saturated carbocycles. The minimum absolute atomic E-state index is 0.0858. The van der Waals surface area contributed by atoms with E-state index in [0.717, 1.165) is 19.5 Å². The number of ether oxygens (including phenoxy) is 2. The molecule has 232 valence electrons. The fourth-order valence-corrected chi connectivity index (χ4v) is 11.4. The zero-order valence-electron chi connectivity index (χ0n) is 26.6. The Morgan fingerprint density at radius 1 is 0.930 bits per heavy atom. The molecule has 3 aromatic rings. The molecule has 0 aliphatic carbocycles. The fraction of sp³-hybridized carbons (Fsp3) is 0.500. The van der Waals surface area contributed by atoms with Crippen molar-refractivity contribution in [1.29, 1.82) is 0 Å². The average molecular weight is 608 g/mol. The molecule has 3 heterocycles. The Morgan fingerprint density at radius 2 is 1.60 bits per heavy atom. The van der Waals surface area contributed by atoms with Gasteiger partial charge < -0.3 is 24.1 Å². The van der Waals surface area contributed by atoms with Gasteiger partial charge in [0.25, 0.3) is 11.8 Å². The molecule has 0 unspecified atom stereocenters. The van der Waals surface area contributed by atoms with Gasteiger partial charge in [-0.1, -0.05) is 41.5 Å². The second-order valence-corrected chi connectivity index (χ2v) is 17.7. The van der Waals surface area contributed by atoms with Crippen LogP contribution in [0.15, 0.2) is 48.8 Å². The van der Waals surface area contributed by atoms with E-state index in [4.69, 9.17) is 13.9 Å². The van der Waals surface area contributed by atoms with E-state index >= 15 is 0 Å². The number of aromatic nitrogens is 3. The number of carbonyl (C=O) groups excluding carboxylic acids is 2. The molecule has 43 heavy (non-hydrogen) atoms. The minimum atomic E-state index is -2.07. The number of hydrogen-bond donors (Lipinski definition) is 1. The van der Waals surface area contributed by atoms with E-state index in [0.29, 0.717) is 57.6 Å². The Labute approximate surface area is 255 Å². The number of aryl methyl sites for hydroxylation is 1. The molecule has 0 spiro atoms. The predicted octanol–water partition coefficient (Wildman–Crippen LogP) is 6.67. The fourth-order valence-electron chi connectivity index (χ4n) is 5.91. The summed E-state index contributed by atoms with van der Waals surface area (Å²) >= 11 is 0. The number of anilines is 1. The normalized spacial score (nSPS) is 14.2. The zero-order chi connectivity index (χ0) is 31.3. The molecule has 1 atom stereocenters. The molecule has 11 heteroatoms. The first-order valence-electron chi connectivity index (χ1n) is 15.1. The lowest BCUT2D eigenvalue weighted by molar-refractivity contribution is 0.0645. The van der Waals surface area contributed by atoms with Gasteiger partial charge in [0, 0.05) is 44.0 Å². The third-order valence-electron chi connectivity index (χ3n) is 8.04. The van der Waals surface area contributed by atoms with E-state index in [1.807, 2.05) is 6.92 Å². The molecule has 4 rings (SSSR count). The molecule has 1 fully saturated rings. The molecule has 1 aliphatic rings. The van der Waals surface area contributed by atoms with E-state index < -0.39 is 8.32 Å². The van der Waals surface area contributed by atoms with Crippen LogP contribution >= 0.6 is 0 Å². The lowest BCUT2D eigenvalue weighted by Gasteiger charge is -2.42. The van der Waals surface area contributed by atoms with Crippen LogP contribution in [0.25, 0.3) is 0 Å². The van der Waals surface area contributed by atoms with Crippen LogP contribution in [0.1, 0.15) is 75.7 Å². The summed E-state index contributed by atoms with van der Waals surface area (Å²) in [6, 6.07) is 10.1. The van der Waals surface area contributed by atoms with E-state index in [1.165, 1.54) is 6.20 Å². The molecule has 1 aromatic carbocycles. The van der Waals surface area contributed by atoms with Gasteiger partial charge in [0.1, 0.15) is 29.0 Å². The van der Waals surface area contributed by atoms with Crippen LogP contribution in [0.4, 0.5) is 5.82 Å². The number of nitrogens with zero attached hydrogens (tertiary/aromatic N) is 4. The van der Waals surface area contributed by atoms with E-state index in [9.17, 15) is 9.59 Å². The molecule has 1 saturated heterocycles. The highest BCUT2D eigenvalue weighted by atomic mass is 28.4. The quantitative estimate of drug-likeness (QED) is 0.216. The summed E-state index contributed by atoms with van der Waals surface area (Å²) < 4.78 is 20.8. The molecule has 0 radical (unpaired) electrons. The van der Waals surface area contributed by atoms with Gasteiger partial charge in [0.2, 0.25) is 8.32 Å². The number of carbonyl (C=O) groups is 2. The standard InChI is InChI=1S/C32H45N5O5Si/c1-21(2)43(22(3)4,23(5)6)40-20-24(7)41-27-16-25(31(38)34-30-12-15-36(8)35-30)17-28(18-27)42-26-10-11-29(33-19-26)32(39)37-13-9-14-37/h10-12,15-19,21-24H,9,13-14,20H2,1-8H3,(H,34,35,38)/t24-/m0/s1. The number of amides is 2. The number of benzene rings is 1. The van der Waals surface area contributed by atoms with Gasteiger partial charge in [0.15, 0.2) is 5.82 Å². The third kappa shape index (κ3) is 7.63. The maximum Gasteiger partial charge on any atom is 0.272 e. The Hall–Kier alpha value is -3.70. The van der Waals surface area contributed by atoms with Gasteiger partial charge in [0.05, 0.1) is 12.8 Å². The molecule has 2 aromatic heterocycles. The number of pyridine rings is 1. The summed E-state index contributed by atoms with van der Waals surface area (Å²) in [6.45, 7) is 17.5. The summed E-state index contributed by atoms with van der Waals surface area (Å²) in [5, 5.41) is 7.06. The van der Waals surface area contributed by atoms with Crippen molar-refractivity contribution < 1.29 is 23.5 Å². The Kier molecular flexibility index (Phi) is 10.3. The van der Waals surface area contributed by atoms with Crippen molar-refractivity contribution in [3.63, 3.8) is 0 Å². The van der Waals surface area contributed by atoms with E-state index in [1.54, 1.807) is 59.2 Å². The topological polar surface area (TPSA) is 108 Å². The number of rotatable bonds is 13. The lowest BCUT2D eigenvalue weighted by atomic mass is 10.2. The van der Waals surface area contributed by atoms with Gasteiger partial charge in [-0.15, -0.1) is 0 Å². The van der Waals surface area contributed by atoms with Gasteiger partial charge in [-0.25, -0.2) is 4.98 Å². The van der Waals surface area contributed by atoms with Crippen LogP contribution in [-0.2, 0) is 11.5 Å². The lowest BCUT2D eigenvalue weighted by Crippen LogP contribution is -2.49. The van der Waals surface area contributed by atoms with Gasteiger partial charge in [-0.05, 0) is 54.2 Å². The van der Waals surface area contributed by atoms with Crippen molar-refractivity contribution in [3.05, 3.63) is 60.0 Å². The van der Waals surface area contributed by atoms with Crippen LogP contribution in [0.2, 0.25) is 16.6 Å². The maximum atomic E-state index is 13.2. The summed E-state index contributed by atoms with van der Waals surface area (Å²) in [5.74, 6) is 1.31. The van der Waals surface area contributed by atoms with Crippen molar-refractivity contribution in [2.45, 2.75) is 77.6 Å². The third-order valence-corrected chi connectivity index (χ3v) is 14.1. The zero-order valence-corrected chi connectivity index (χ0v) is 27.6. The minimum Gasteiger partial charge on any atom is -0.488 e. The first kappa shape index (κ1) is 32.2. The van der Waals surface area contributed by atoms with Crippen molar-refractivity contribution in [2.75, 3.05) is 25.0 Å². The van der Waals surface area contributed by atoms with Crippen LogP contribution < -0.4 is 14.8 Å². The molecule has 1 aliphatic heterocycles. The van der Waals surface area contributed by atoms with Crippen molar-refractivity contribution in [1.82, 2.24) is 19.7 Å². The van der Waals surface area contributed by atoms with Crippen molar-refractivity contribution in [3.8, 4) is 17.2 Å². The Bertz CT molecular complexity index is 1380. The van der Waals surface area contributed by atoms with E-state index in [2.05, 4.69) is 56.9 Å². The highest BCUT2D eigenvalue weighted by Gasteiger charge is 2.45. The maximum absolute atomic E-state index is 13.2. The summed E-state index contributed by atoms with van der Waals surface area (Å²) in [4.78, 5) is 31.8. The molecule has 0 bridgehead atoms. The van der Waals surface area contributed by atoms with Gasteiger partial charge in [-0.2, -0.15) is 5.10 Å². The van der Waals surface area contributed by atoms with Crippen LogP contribution in [0, 0.1) is 0 Å². The Morgan fingerprint density at radius 3 is 2.14 bits per heavy atom. The SMILES string of the molecule is CC(C)[Si](OC[C@H](C)Oc1cc(Oc2ccc(C(=O)N3CCC3)nc2)cc(C(=O)Nc2ccn(C)n2)c1)(C(C)C)C(C)C. The smallest absolute Gasteiger partial charge is 0.272 e. The number of likely N-dealkylation sites (tertiary alicyclic amines) is 1. The van der Waals surface area contributed by atoms with Gasteiger partial charge in [-0.3, -0.25) is 14.3 Å². The van der Waals surface area contributed by atoms with E-state index in [-0.39, 0.29) is 17.9 Å². The highest BCUT2D eigenvalue weighted by Crippen LogP contribution is 2.42. The van der Waals surface area contributed by atoms with Crippen LogP contribution in [-0.4, -0.2) is 65.6 Å². The van der Waals surface area contributed by atoms with Crippen LogP contribution in [0.5, 0.6) is 17.2 Å². The van der Waals surface area contributed by atoms with Crippen molar-refractivity contribution in [2.24, 2.45) is 7.05 Å². The Balaban J connectivity index is 1.54. The molecule has 1 N–H and O–H groups in total. The second-order valence-electron chi connectivity index (χ2n) is 12.2. The molecule has 10 nitrogen and oxygen atoms in total. The number of nitrogens with one attached hydrogen (secondary N) is 1. The summed E-state index contributed by atoms with van der Waals surface area (Å²) in [7, 11) is -0.287. The molecule has 2 amide bonds. The monoisotopic (exact) mass is 607 g/mol. The van der Waals surface area contributed by atoms with Gasteiger partial charge >= 0.3 is 0 Å². The first-order valence-corrected chi connectivity index (χ1v) is 17.2. The highest BCUT2D eigenvalue weighted by molar-refractivity contribution is 6.77.